The van der Waals surface area contributed by atoms with Crippen molar-refractivity contribution in [3.8, 4) is 46.0 Å². The number of fused-ring (bicyclic) bond motifs is 2. The topological polar surface area (TPSA) is 149 Å². The quantitative estimate of drug-likeness (QED) is 0.0636. The molecule has 0 N–H and O–H groups in total. The van der Waals surface area contributed by atoms with Crippen LogP contribution in [0.15, 0.2) is 224 Å². The molecule has 0 atom stereocenters. The number of nitrogens with zero attached hydrogens (tertiary/aromatic N) is 3. The second-order valence-electron chi connectivity index (χ2n) is 25.4. The van der Waals surface area contributed by atoms with Gasteiger partial charge < -0.3 is 18.9 Å². The van der Waals surface area contributed by atoms with E-state index >= 15 is 0 Å². The number of ether oxygens (including phenoxy) is 4. The van der Waals surface area contributed by atoms with Crippen LogP contribution in [0.25, 0.3) is 0 Å². The van der Waals surface area contributed by atoms with E-state index in [1.54, 1.807) is 84.9 Å². The van der Waals surface area contributed by atoms with Crippen molar-refractivity contribution in [3.63, 3.8) is 0 Å². The Morgan fingerprint density at radius 3 is 0.948 bits per heavy atom. The number of hydrogen-bond donors (Lipinski definition) is 0. The molecule has 0 saturated heterocycles. The van der Waals surface area contributed by atoms with Gasteiger partial charge in [0.05, 0.1) is 39.3 Å². The molecular formula is C83H71N3O10. The molecule has 0 bridgehead atoms. The molecular weight excluding hydrogens is 1200 g/mol. The normalized spacial score (nSPS) is 13.6. The summed E-state index contributed by atoms with van der Waals surface area (Å²) in [6.45, 7) is 17.0. The third-order valence-electron chi connectivity index (χ3n) is 18.6. The minimum atomic E-state index is -0.461. The van der Waals surface area contributed by atoms with E-state index in [-0.39, 0.29) is 40.2 Å². The second-order valence-corrected chi connectivity index (χ2v) is 25.4. The number of carbonyl (C=O) groups excluding carboxylic acids is 6. The highest BCUT2D eigenvalue weighted by Crippen LogP contribution is 2.42. The Balaban J connectivity index is 0.604. The number of carbonyl (C=O) groups is 6. The summed E-state index contributed by atoms with van der Waals surface area (Å²) in [7, 11) is 0. The molecule has 478 valence electrons. The highest BCUT2D eigenvalue weighted by Gasteiger charge is 2.40. The van der Waals surface area contributed by atoms with Crippen molar-refractivity contribution >= 4 is 52.5 Å². The van der Waals surface area contributed by atoms with Crippen molar-refractivity contribution in [2.75, 3.05) is 14.7 Å². The van der Waals surface area contributed by atoms with Crippen molar-refractivity contribution in [2.45, 2.75) is 98.3 Å². The molecule has 10 aromatic carbocycles. The van der Waals surface area contributed by atoms with Crippen molar-refractivity contribution < 1.29 is 47.7 Å². The van der Waals surface area contributed by atoms with Crippen molar-refractivity contribution in [1.82, 2.24) is 0 Å². The van der Waals surface area contributed by atoms with Crippen LogP contribution in [-0.2, 0) is 52.5 Å². The summed E-state index contributed by atoms with van der Waals surface area (Å²) in [5.74, 6) is 1.99. The van der Waals surface area contributed by atoms with E-state index in [1.807, 2.05) is 97.1 Å². The fourth-order valence-corrected chi connectivity index (χ4v) is 13.0. The van der Waals surface area contributed by atoms with Crippen molar-refractivity contribution in [3.05, 3.63) is 302 Å². The number of amides is 6. The van der Waals surface area contributed by atoms with Crippen LogP contribution in [0.5, 0.6) is 46.0 Å². The van der Waals surface area contributed by atoms with Gasteiger partial charge in [0.2, 0.25) is 0 Å². The molecule has 0 spiro atoms. The molecule has 13 heteroatoms. The van der Waals surface area contributed by atoms with Gasteiger partial charge in [-0.25, -0.2) is 14.7 Å². The highest BCUT2D eigenvalue weighted by molar-refractivity contribution is 6.36. The first-order chi connectivity index (χ1) is 46.3. The van der Waals surface area contributed by atoms with Gasteiger partial charge in [0.25, 0.3) is 35.4 Å². The van der Waals surface area contributed by atoms with Gasteiger partial charge in [0.1, 0.15) is 46.0 Å². The summed E-state index contributed by atoms with van der Waals surface area (Å²) in [4.78, 5) is 84.0. The molecule has 96 heavy (non-hydrogen) atoms. The van der Waals surface area contributed by atoms with E-state index in [4.69, 9.17) is 18.9 Å². The highest BCUT2D eigenvalue weighted by atomic mass is 16.5. The Morgan fingerprint density at radius 2 is 0.583 bits per heavy atom. The van der Waals surface area contributed by atoms with Crippen molar-refractivity contribution in [1.29, 1.82) is 0 Å². The lowest BCUT2D eigenvalue weighted by Gasteiger charge is -2.26. The Kier molecular flexibility index (Phi) is 17.0. The molecule has 3 heterocycles. The van der Waals surface area contributed by atoms with Gasteiger partial charge in [0.15, 0.2) is 0 Å². The fourth-order valence-electron chi connectivity index (χ4n) is 13.0. The van der Waals surface area contributed by atoms with Gasteiger partial charge >= 0.3 is 0 Å². The zero-order valence-corrected chi connectivity index (χ0v) is 54.8. The number of anilines is 3. The van der Waals surface area contributed by atoms with Gasteiger partial charge in [-0.3, -0.25) is 28.8 Å². The van der Waals surface area contributed by atoms with Crippen LogP contribution in [-0.4, -0.2) is 35.4 Å². The maximum Gasteiger partial charge on any atom is 0.266 e. The van der Waals surface area contributed by atoms with Crippen LogP contribution < -0.4 is 33.6 Å². The molecule has 0 saturated carbocycles. The molecule has 10 aromatic rings. The minimum absolute atomic E-state index is 0.238. The predicted molar refractivity (Wildman–Crippen MR) is 373 cm³/mol. The average Bonchev–Trinajstić information content (AvgIpc) is 1.58. The average molecular weight is 1270 g/mol. The third kappa shape index (κ3) is 12.3. The lowest BCUT2D eigenvalue weighted by atomic mass is 9.78. The first-order valence-corrected chi connectivity index (χ1v) is 32.5. The van der Waals surface area contributed by atoms with Crippen LogP contribution in [0, 0.1) is 0 Å². The van der Waals surface area contributed by atoms with E-state index in [2.05, 4.69) is 85.7 Å². The van der Waals surface area contributed by atoms with Crippen LogP contribution >= 0.6 is 0 Å². The van der Waals surface area contributed by atoms with E-state index in [9.17, 15) is 28.8 Å². The maximum absolute atomic E-state index is 14.3. The van der Waals surface area contributed by atoms with Gasteiger partial charge in [-0.1, -0.05) is 134 Å². The number of benzene rings is 10. The third-order valence-corrected chi connectivity index (χ3v) is 18.6. The van der Waals surface area contributed by atoms with Crippen LogP contribution in [0.4, 0.5) is 17.1 Å². The molecule has 6 amide bonds. The summed E-state index contributed by atoms with van der Waals surface area (Å²) >= 11 is 0. The van der Waals surface area contributed by atoms with Gasteiger partial charge in [0, 0.05) is 23.0 Å². The molecule has 0 fully saturated rings. The molecule has 13 rings (SSSR count). The largest absolute Gasteiger partial charge is 0.457 e. The van der Waals surface area contributed by atoms with E-state index in [0.717, 1.165) is 62.4 Å². The first-order valence-electron chi connectivity index (χ1n) is 32.5. The summed E-state index contributed by atoms with van der Waals surface area (Å²) < 4.78 is 24.9. The van der Waals surface area contributed by atoms with Crippen LogP contribution in [0.2, 0.25) is 0 Å². The van der Waals surface area contributed by atoms with Gasteiger partial charge in [-0.2, -0.15) is 0 Å². The number of imide groups is 3. The predicted octanol–water partition coefficient (Wildman–Crippen LogP) is 18.4. The first kappa shape index (κ1) is 63.3. The van der Waals surface area contributed by atoms with E-state index in [1.165, 1.54) is 39.3 Å². The number of aryl methyl sites for hydroxylation is 4. The summed E-state index contributed by atoms with van der Waals surface area (Å²) in [6.07, 6.45) is 6.55. The SMILES string of the molecule is CCc1cc(CC)cc(Cc2cc(CC)c(N3C(=O)c4ccc(Oc5ccc(C(C)(C)c6ccc(Oc7ccc8c(c7)C(=O)N(c7ccc(Oc9ccc(C(C)(C)c%10ccc(Oc%11ccc(N%12C(=O)C=CC%12=O)cc%11)cc%10)cc9)cc7)C8=O)cc6)cc5)cc4C3=O)c(CC)c2)c1. The zero-order valence-electron chi connectivity index (χ0n) is 54.8. The Hall–Kier alpha value is -11.4. The van der Waals surface area contributed by atoms with E-state index < -0.39 is 17.2 Å². The maximum atomic E-state index is 14.3. The summed E-state index contributed by atoms with van der Waals surface area (Å²) in [5.41, 5.74) is 13.1. The smallest absolute Gasteiger partial charge is 0.266 e. The summed E-state index contributed by atoms with van der Waals surface area (Å²) in [5, 5.41) is 0. The lowest BCUT2D eigenvalue weighted by molar-refractivity contribution is -0.120. The van der Waals surface area contributed by atoms with Gasteiger partial charge in [-0.15, -0.1) is 0 Å². The molecule has 13 nitrogen and oxygen atoms in total. The standard InChI is InChI=1S/C83H71N3O10/c1-9-51-43-52(10-2)45-53(44-51)46-54-47-55(11-3)77(56(12-4)48-54)86-79(90)72-40-38-70(50-74(72)81(86)92)96-66-31-19-60(20-32-66)83(7,8)59-17-29-65(30-18-59)95-69-37-39-71-73(49-69)80(91)85(78(71)89)62-23-35-68(36-24-62)94-64-27-15-58(16-28-64)82(5,6)57-13-25-63(26-14-57)93-67-33-21-61(22-34-67)84-75(87)41-42-76(84)88/h13-45,47-50H,9-12,46H2,1-8H3. The molecule has 3 aliphatic rings. The van der Waals surface area contributed by atoms with Gasteiger partial charge in [-0.05, 0) is 221 Å². The minimum Gasteiger partial charge on any atom is -0.457 e. The van der Waals surface area contributed by atoms with E-state index in [0.29, 0.717) is 87.0 Å². The zero-order chi connectivity index (χ0) is 67.2. The Morgan fingerprint density at radius 1 is 0.292 bits per heavy atom. The monoisotopic (exact) mass is 1270 g/mol. The Labute approximate surface area is 558 Å². The number of hydrogen-bond acceptors (Lipinski definition) is 10. The molecule has 0 radical (unpaired) electrons. The fraction of sp³-hybridized carbons (Fsp3) is 0.181. The molecule has 0 unspecified atom stereocenters. The molecule has 0 aliphatic carbocycles. The summed E-state index contributed by atoms with van der Waals surface area (Å²) in [6, 6.07) is 66.1. The van der Waals surface area contributed by atoms with Crippen molar-refractivity contribution in [2.24, 2.45) is 0 Å². The molecule has 3 aliphatic heterocycles. The van der Waals surface area contributed by atoms with Crippen LogP contribution in [0.3, 0.4) is 0 Å². The number of rotatable bonds is 21. The second kappa shape index (κ2) is 25.8. The Bertz CT molecular complexity index is 4700. The molecule has 0 aromatic heterocycles. The van der Waals surface area contributed by atoms with Crippen LogP contribution in [0.1, 0.15) is 152 Å². The lowest BCUT2D eigenvalue weighted by Crippen LogP contribution is -2.31.